The quantitative estimate of drug-likeness (QED) is 0.182. The smallest absolute Gasteiger partial charge is 0.268 e. The van der Waals surface area contributed by atoms with Crippen molar-refractivity contribution in [3.8, 4) is 0 Å². The Labute approximate surface area is 244 Å². The van der Waals surface area contributed by atoms with Crippen LogP contribution in [0.1, 0.15) is 67.9 Å². The summed E-state index contributed by atoms with van der Waals surface area (Å²) < 4.78 is 10.9. The summed E-state index contributed by atoms with van der Waals surface area (Å²) in [6, 6.07) is 16.4. The first kappa shape index (κ1) is 30.3. The minimum absolute atomic E-state index is 0.00399. The van der Waals surface area contributed by atoms with Gasteiger partial charge in [0.25, 0.3) is 5.91 Å². The van der Waals surface area contributed by atoms with Crippen LogP contribution in [-0.2, 0) is 22.2 Å². The first-order valence-corrected chi connectivity index (χ1v) is 17.2. The zero-order valence-electron chi connectivity index (χ0n) is 25.1. The van der Waals surface area contributed by atoms with Gasteiger partial charge in [-0.3, -0.25) is 9.59 Å². The number of hydrogen-bond donors (Lipinski definition) is 2. The number of nitrogens with two attached hydrogens (primary N) is 1. The largest absolute Gasteiger partial charge is 0.397 e. The number of carbonyl (C=O) groups is 2. The molecule has 1 atom stereocenters. The van der Waals surface area contributed by atoms with Crippen molar-refractivity contribution in [3.63, 3.8) is 0 Å². The van der Waals surface area contributed by atoms with Gasteiger partial charge in [-0.05, 0) is 73.5 Å². The van der Waals surface area contributed by atoms with Crippen LogP contribution in [0.2, 0.25) is 18.1 Å². The highest BCUT2D eigenvalue weighted by Gasteiger charge is 2.39. The monoisotopic (exact) mass is 573 g/mol. The molecule has 4 rings (SSSR count). The summed E-state index contributed by atoms with van der Waals surface area (Å²) in [5, 5.41) is 4.22. The van der Waals surface area contributed by atoms with Gasteiger partial charge in [0.05, 0.1) is 11.8 Å². The van der Waals surface area contributed by atoms with E-state index in [-0.39, 0.29) is 22.9 Å². The molecule has 2 aromatic heterocycles. The van der Waals surface area contributed by atoms with E-state index in [4.69, 9.17) is 10.2 Å². The molecule has 0 saturated heterocycles. The fourth-order valence-electron chi connectivity index (χ4n) is 4.54. The minimum atomic E-state index is -2.09. The predicted octanol–water partition coefficient (Wildman–Crippen LogP) is 6.82. The molecule has 0 aliphatic rings. The molecule has 9 heteroatoms. The molecule has 0 aliphatic carbocycles. The summed E-state index contributed by atoms with van der Waals surface area (Å²) in [5.41, 5.74) is 9.93. The van der Waals surface area contributed by atoms with Gasteiger partial charge in [-0.25, -0.2) is 4.98 Å². The maximum Gasteiger partial charge on any atom is 0.268 e. The Morgan fingerprint density at radius 3 is 2.49 bits per heavy atom. The lowest BCUT2D eigenvalue weighted by Crippen LogP contribution is -2.42. The lowest BCUT2D eigenvalue weighted by atomic mass is 10.1. The number of carbonyl (C=O) groups excluding carboxylic acids is 2. The molecule has 8 nitrogen and oxygen atoms in total. The Kier molecular flexibility index (Phi) is 9.19. The van der Waals surface area contributed by atoms with Gasteiger partial charge in [-0.15, -0.1) is 0 Å². The van der Waals surface area contributed by atoms with Crippen molar-refractivity contribution in [1.29, 1.82) is 0 Å². The maximum atomic E-state index is 12.7. The van der Waals surface area contributed by atoms with Crippen LogP contribution < -0.4 is 11.1 Å². The van der Waals surface area contributed by atoms with E-state index in [0.717, 1.165) is 41.5 Å². The van der Waals surface area contributed by atoms with Crippen LogP contribution in [0.4, 0.5) is 5.69 Å². The van der Waals surface area contributed by atoms with Crippen molar-refractivity contribution in [2.24, 2.45) is 5.73 Å². The van der Waals surface area contributed by atoms with Crippen LogP contribution in [0.15, 0.2) is 67.3 Å². The van der Waals surface area contributed by atoms with Crippen molar-refractivity contribution >= 4 is 36.7 Å². The maximum absolute atomic E-state index is 12.7. The lowest BCUT2D eigenvalue weighted by molar-refractivity contribution is -0.116. The van der Waals surface area contributed by atoms with Crippen LogP contribution in [0.25, 0.3) is 10.9 Å². The zero-order valence-corrected chi connectivity index (χ0v) is 26.1. The number of nitrogens with zero attached hydrogens (tertiary/aromatic N) is 3. The van der Waals surface area contributed by atoms with Crippen LogP contribution >= 0.6 is 0 Å². The first-order chi connectivity index (χ1) is 19.3. The molecule has 0 bridgehead atoms. The van der Waals surface area contributed by atoms with Crippen LogP contribution in [0.3, 0.4) is 0 Å². The zero-order chi connectivity index (χ0) is 29.8. The first-order valence-electron chi connectivity index (χ1n) is 14.3. The van der Waals surface area contributed by atoms with Crippen molar-refractivity contribution in [1.82, 2.24) is 14.1 Å². The highest BCUT2D eigenvalue weighted by Crippen LogP contribution is 2.39. The van der Waals surface area contributed by atoms with Gasteiger partial charge >= 0.3 is 0 Å². The van der Waals surface area contributed by atoms with Gasteiger partial charge in [0.1, 0.15) is 11.9 Å². The predicted molar refractivity (Wildman–Crippen MR) is 167 cm³/mol. The molecular formula is C32H43N5O3Si. The number of imidazole rings is 1. The standard InChI is InChI=1S/C32H43N5O3Si/c1-23-9-11-24(12-10-23)13-16-29(38)35-26-15-14-25-17-19-36(28(25)20-26)18-7-8-30(40-41(5,6)32(2,3)4)37-21-27(31(33)39)34-22-37/h9-12,14-15,17,19-22,30H,7-8,13,16,18H2,1-6H3,(H2,33,39)(H,35,38)/t30-/m1/s1. The Hall–Kier alpha value is -3.69. The molecule has 0 aliphatic heterocycles. The SMILES string of the molecule is Cc1ccc(CCC(=O)Nc2ccc3ccn(CCC[C@@H](O[Si](C)(C)C(C)(C)C)n4cnc(C(N)=O)c4)c3c2)cc1. The topological polar surface area (TPSA) is 104 Å². The number of nitrogens with one attached hydrogen (secondary N) is 1. The van der Waals surface area contributed by atoms with Crippen LogP contribution in [0, 0.1) is 6.92 Å². The number of primary amides is 1. The van der Waals surface area contributed by atoms with E-state index in [9.17, 15) is 9.59 Å². The molecule has 41 heavy (non-hydrogen) atoms. The minimum Gasteiger partial charge on any atom is -0.397 e. The molecule has 2 amide bonds. The molecule has 2 aromatic carbocycles. The number of aromatic nitrogens is 3. The average molecular weight is 574 g/mol. The fraction of sp³-hybridized carbons (Fsp3) is 0.406. The van der Waals surface area contributed by atoms with Gasteiger partial charge in [0, 0.05) is 31.0 Å². The number of fused-ring (bicyclic) bond motifs is 1. The molecule has 0 unspecified atom stereocenters. The van der Waals surface area contributed by atoms with Gasteiger partial charge in [0.2, 0.25) is 5.91 Å². The van der Waals surface area contributed by atoms with E-state index in [2.05, 4.69) is 92.2 Å². The molecule has 0 spiro atoms. The highest BCUT2D eigenvalue weighted by atomic mass is 28.4. The van der Waals surface area contributed by atoms with Crippen molar-refractivity contribution in [3.05, 3.63) is 84.1 Å². The summed E-state index contributed by atoms with van der Waals surface area (Å²) in [6.07, 6.45) is 7.89. The van der Waals surface area contributed by atoms with Gasteiger partial charge in [-0.1, -0.05) is 56.7 Å². The number of anilines is 1. The molecule has 2 heterocycles. The Morgan fingerprint density at radius 1 is 1.10 bits per heavy atom. The molecule has 3 N–H and O–H groups in total. The Balaban J connectivity index is 1.42. The molecule has 0 saturated carbocycles. The normalized spacial score (nSPS) is 12.9. The van der Waals surface area contributed by atoms with Crippen LogP contribution in [-0.4, -0.2) is 34.2 Å². The third-order valence-corrected chi connectivity index (χ3v) is 12.6. The average Bonchev–Trinajstić information content (AvgIpc) is 3.55. The van der Waals surface area contributed by atoms with E-state index in [0.29, 0.717) is 12.8 Å². The molecule has 4 aromatic rings. The van der Waals surface area contributed by atoms with Gasteiger partial charge in [0.15, 0.2) is 8.32 Å². The van der Waals surface area contributed by atoms with E-state index in [1.807, 2.05) is 22.8 Å². The molecule has 218 valence electrons. The number of aryl methyl sites for hydroxylation is 3. The molecule has 0 radical (unpaired) electrons. The van der Waals surface area contributed by atoms with Crippen LogP contribution in [0.5, 0.6) is 0 Å². The van der Waals surface area contributed by atoms with Gasteiger partial charge < -0.3 is 24.6 Å². The third kappa shape index (κ3) is 7.74. The summed E-state index contributed by atoms with van der Waals surface area (Å²) in [5.74, 6) is -0.545. The van der Waals surface area contributed by atoms with E-state index in [1.165, 1.54) is 5.56 Å². The summed E-state index contributed by atoms with van der Waals surface area (Å²) in [6.45, 7) is 13.9. The Bertz CT molecular complexity index is 1500. The molecular weight excluding hydrogens is 530 g/mol. The highest BCUT2D eigenvalue weighted by molar-refractivity contribution is 6.74. The Morgan fingerprint density at radius 2 is 1.83 bits per heavy atom. The number of hydrogen-bond acceptors (Lipinski definition) is 4. The summed E-state index contributed by atoms with van der Waals surface area (Å²) in [4.78, 5) is 28.5. The van der Waals surface area contributed by atoms with Crippen molar-refractivity contribution in [2.75, 3.05) is 5.32 Å². The fourth-order valence-corrected chi connectivity index (χ4v) is 5.81. The second-order valence-electron chi connectivity index (χ2n) is 12.4. The number of benzene rings is 2. The van der Waals surface area contributed by atoms with Gasteiger partial charge in [-0.2, -0.15) is 0 Å². The number of rotatable bonds is 12. The second kappa shape index (κ2) is 12.4. The second-order valence-corrected chi connectivity index (χ2v) is 17.1. The number of amides is 2. The van der Waals surface area contributed by atoms with Crippen molar-refractivity contribution < 1.29 is 14.0 Å². The summed E-state index contributed by atoms with van der Waals surface area (Å²) in [7, 11) is -2.09. The van der Waals surface area contributed by atoms with E-state index >= 15 is 0 Å². The lowest BCUT2D eigenvalue weighted by Gasteiger charge is -2.39. The van der Waals surface area contributed by atoms with E-state index in [1.54, 1.807) is 12.5 Å². The van der Waals surface area contributed by atoms with E-state index < -0.39 is 14.2 Å². The summed E-state index contributed by atoms with van der Waals surface area (Å²) >= 11 is 0. The molecule has 0 fully saturated rings. The third-order valence-electron chi connectivity index (χ3n) is 8.09. The van der Waals surface area contributed by atoms with Crippen molar-refractivity contribution in [2.45, 2.75) is 84.3 Å².